The lowest BCUT2D eigenvalue weighted by Crippen LogP contribution is -2.12. The van der Waals surface area contributed by atoms with Crippen LogP contribution in [0.3, 0.4) is 0 Å². The van der Waals surface area contributed by atoms with Gasteiger partial charge in [0.2, 0.25) is 0 Å². The van der Waals surface area contributed by atoms with Crippen molar-refractivity contribution >= 4 is 5.78 Å². The fraction of sp³-hybridized carbons (Fsp3) is 0.400. The van der Waals surface area contributed by atoms with E-state index in [1.165, 1.54) is 19.4 Å². The van der Waals surface area contributed by atoms with Crippen LogP contribution in [-0.2, 0) is 4.74 Å². The predicted octanol–water partition coefficient (Wildman–Crippen LogP) is 1.83. The Bertz CT molecular complexity index is 328. The summed E-state index contributed by atoms with van der Waals surface area (Å²) < 4.78 is 17.6. The second kappa shape index (κ2) is 4.81. The summed E-state index contributed by atoms with van der Waals surface area (Å²) in [6.45, 7) is 1.78. The zero-order valence-electron chi connectivity index (χ0n) is 8.16. The van der Waals surface area contributed by atoms with Crippen molar-refractivity contribution < 1.29 is 13.9 Å². The molecule has 0 aromatic carbocycles. The normalized spacial score (nSPS) is 12.5. The molecule has 0 saturated carbocycles. The highest BCUT2D eigenvalue weighted by atomic mass is 19.1. The van der Waals surface area contributed by atoms with Crippen LogP contribution in [0.5, 0.6) is 0 Å². The SMILES string of the molecule is COC(C)CC(=O)c1cncc(F)c1. The van der Waals surface area contributed by atoms with Gasteiger partial charge < -0.3 is 4.74 Å². The van der Waals surface area contributed by atoms with Crippen LogP contribution in [0.25, 0.3) is 0 Å². The third-order valence-electron chi connectivity index (χ3n) is 1.90. The molecule has 76 valence electrons. The van der Waals surface area contributed by atoms with E-state index in [4.69, 9.17) is 4.74 Å². The molecule has 0 aliphatic carbocycles. The first-order chi connectivity index (χ1) is 6.63. The van der Waals surface area contributed by atoms with Gasteiger partial charge in [-0.2, -0.15) is 0 Å². The molecule has 4 heteroatoms. The van der Waals surface area contributed by atoms with Crippen molar-refractivity contribution in [3.63, 3.8) is 0 Å². The van der Waals surface area contributed by atoms with Crippen LogP contribution in [-0.4, -0.2) is 24.0 Å². The summed E-state index contributed by atoms with van der Waals surface area (Å²) in [5.41, 5.74) is 0.286. The van der Waals surface area contributed by atoms with Gasteiger partial charge in [0.1, 0.15) is 5.82 Å². The van der Waals surface area contributed by atoms with Crippen molar-refractivity contribution in [2.45, 2.75) is 19.4 Å². The fourth-order valence-corrected chi connectivity index (χ4v) is 1.03. The van der Waals surface area contributed by atoms with Gasteiger partial charge in [0.05, 0.1) is 12.3 Å². The Balaban J connectivity index is 2.70. The molecule has 14 heavy (non-hydrogen) atoms. The molecule has 0 amide bonds. The number of ketones is 1. The Morgan fingerprint density at radius 3 is 2.93 bits per heavy atom. The lowest BCUT2D eigenvalue weighted by molar-refractivity contribution is 0.0791. The molecule has 0 spiro atoms. The standard InChI is InChI=1S/C10H12FNO2/c1-7(14-2)3-10(13)8-4-9(11)6-12-5-8/h4-7H,3H2,1-2H3. The number of Topliss-reactive ketones (excluding diaryl/α,β-unsaturated/α-hetero) is 1. The highest BCUT2D eigenvalue weighted by molar-refractivity contribution is 5.96. The molecule has 1 atom stereocenters. The average Bonchev–Trinajstić information content (AvgIpc) is 2.17. The van der Waals surface area contributed by atoms with Gasteiger partial charge in [0.25, 0.3) is 0 Å². The van der Waals surface area contributed by atoms with Gasteiger partial charge in [-0.1, -0.05) is 0 Å². The summed E-state index contributed by atoms with van der Waals surface area (Å²) >= 11 is 0. The molecule has 3 nitrogen and oxygen atoms in total. The Labute approximate surface area is 81.9 Å². The van der Waals surface area contributed by atoms with E-state index in [1.807, 2.05) is 0 Å². The first-order valence-electron chi connectivity index (χ1n) is 4.30. The second-order valence-electron chi connectivity index (χ2n) is 3.07. The number of hydrogen-bond donors (Lipinski definition) is 0. The maximum Gasteiger partial charge on any atom is 0.167 e. The van der Waals surface area contributed by atoms with E-state index in [-0.39, 0.29) is 23.9 Å². The summed E-state index contributed by atoms with van der Waals surface area (Å²) in [6, 6.07) is 1.18. The molecule has 1 aromatic rings. The van der Waals surface area contributed by atoms with Crippen LogP contribution in [0.2, 0.25) is 0 Å². The van der Waals surface area contributed by atoms with E-state index >= 15 is 0 Å². The van der Waals surface area contributed by atoms with Crippen molar-refractivity contribution in [1.29, 1.82) is 0 Å². The molecule has 0 saturated heterocycles. The number of aromatic nitrogens is 1. The van der Waals surface area contributed by atoms with Gasteiger partial charge in [0.15, 0.2) is 5.78 Å². The summed E-state index contributed by atoms with van der Waals surface area (Å²) in [6.07, 6.45) is 2.50. The molecule has 0 aliphatic rings. The lowest BCUT2D eigenvalue weighted by atomic mass is 10.1. The number of carbonyl (C=O) groups excluding carboxylic acids is 1. The largest absolute Gasteiger partial charge is 0.381 e. The Kier molecular flexibility index (Phi) is 3.71. The first-order valence-corrected chi connectivity index (χ1v) is 4.30. The van der Waals surface area contributed by atoms with E-state index in [0.29, 0.717) is 0 Å². The van der Waals surface area contributed by atoms with Crippen LogP contribution < -0.4 is 0 Å². The maximum atomic E-state index is 12.7. The van der Waals surface area contributed by atoms with Crippen LogP contribution in [0.15, 0.2) is 18.5 Å². The minimum atomic E-state index is -0.499. The summed E-state index contributed by atoms with van der Waals surface area (Å²) in [4.78, 5) is 15.1. The number of methoxy groups -OCH3 is 1. The molecule has 0 radical (unpaired) electrons. The number of pyridine rings is 1. The van der Waals surface area contributed by atoms with E-state index in [9.17, 15) is 9.18 Å². The Hall–Kier alpha value is -1.29. The monoisotopic (exact) mass is 197 g/mol. The fourth-order valence-electron chi connectivity index (χ4n) is 1.03. The van der Waals surface area contributed by atoms with E-state index in [1.54, 1.807) is 6.92 Å². The van der Waals surface area contributed by atoms with Crippen LogP contribution in [0.4, 0.5) is 4.39 Å². The van der Waals surface area contributed by atoms with Crippen LogP contribution in [0, 0.1) is 5.82 Å². The van der Waals surface area contributed by atoms with E-state index in [0.717, 1.165) is 6.20 Å². The average molecular weight is 197 g/mol. The van der Waals surface area contributed by atoms with E-state index < -0.39 is 5.82 Å². The van der Waals surface area contributed by atoms with Gasteiger partial charge in [-0.15, -0.1) is 0 Å². The minimum absolute atomic E-state index is 0.161. The zero-order valence-corrected chi connectivity index (χ0v) is 8.16. The molecule has 0 bridgehead atoms. The molecule has 1 aromatic heterocycles. The molecule has 1 unspecified atom stereocenters. The highest BCUT2D eigenvalue weighted by Gasteiger charge is 2.11. The number of halogens is 1. The summed E-state index contributed by atoms with van der Waals surface area (Å²) in [5, 5.41) is 0. The first kappa shape index (κ1) is 10.8. The highest BCUT2D eigenvalue weighted by Crippen LogP contribution is 2.07. The van der Waals surface area contributed by atoms with Crippen LogP contribution >= 0.6 is 0 Å². The third kappa shape index (κ3) is 2.88. The number of nitrogens with zero attached hydrogens (tertiary/aromatic N) is 1. The number of carbonyl (C=O) groups is 1. The smallest absolute Gasteiger partial charge is 0.167 e. The molecule has 0 fully saturated rings. The van der Waals surface area contributed by atoms with Crippen molar-refractivity contribution in [3.05, 3.63) is 29.8 Å². The van der Waals surface area contributed by atoms with Crippen LogP contribution in [0.1, 0.15) is 23.7 Å². The molecule has 0 N–H and O–H groups in total. The van der Waals surface area contributed by atoms with Crippen molar-refractivity contribution in [3.8, 4) is 0 Å². The van der Waals surface area contributed by atoms with Crippen molar-refractivity contribution in [2.75, 3.05) is 7.11 Å². The lowest BCUT2D eigenvalue weighted by Gasteiger charge is -2.07. The number of hydrogen-bond acceptors (Lipinski definition) is 3. The Morgan fingerprint density at radius 1 is 1.64 bits per heavy atom. The van der Waals surface area contributed by atoms with Gasteiger partial charge in [-0.25, -0.2) is 4.39 Å². The molecule has 1 heterocycles. The molecular formula is C10H12FNO2. The molecule has 1 rings (SSSR count). The van der Waals surface area contributed by atoms with Gasteiger partial charge >= 0.3 is 0 Å². The number of ether oxygens (including phenoxy) is 1. The summed E-state index contributed by atoms with van der Waals surface area (Å²) in [5.74, 6) is -0.660. The van der Waals surface area contributed by atoms with E-state index in [2.05, 4.69) is 4.98 Å². The zero-order chi connectivity index (χ0) is 10.6. The molecular weight excluding hydrogens is 185 g/mol. The minimum Gasteiger partial charge on any atom is -0.381 e. The van der Waals surface area contributed by atoms with Crippen molar-refractivity contribution in [2.24, 2.45) is 0 Å². The predicted molar refractivity (Wildman–Crippen MR) is 49.6 cm³/mol. The van der Waals surface area contributed by atoms with Gasteiger partial charge in [0, 0.05) is 25.3 Å². The summed E-state index contributed by atoms with van der Waals surface area (Å²) in [7, 11) is 1.53. The van der Waals surface area contributed by atoms with Gasteiger partial charge in [-0.05, 0) is 13.0 Å². The third-order valence-corrected chi connectivity index (χ3v) is 1.90. The Morgan fingerprint density at radius 2 is 2.36 bits per heavy atom. The van der Waals surface area contributed by atoms with Crippen molar-refractivity contribution in [1.82, 2.24) is 4.98 Å². The topological polar surface area (TPSA) is 39.2 Å². The quantitative estimate of drug-likeness (QED) is 0.691. The second-order valence-corrected chi connectivity index (χ2v) is 3.07. The maximum absolute atomic E-state index is 12.7. The molecule has 0 aliphatic heterocycles. The van der Waals surface area contributed by atoms with Gasteiger partial charge in [-0.3, -0.25) is 9.78 Å². The number of rotatable bonds is 4.